The second-order valence-corrected chi connectivity index (χ2v) is 7.51. The number of piperidine rings is 1. The molecule has 2 aromatic carbocycles. The Morgan fingerprint density at radius 1 is 1.07 bits per heavy atom. The Morgan fingerprint density at radius 2 is 1.71 bits per heavy atom. The first kappa shape index (κ1) is 20.1. The average molecular weight is 380 g/mol. The molecule has 1 heterocycles. The number of hydrogen-bond donors (Lipinski definition) is 2. The molecule has 148 valence electrons. The third kappa shape index (κ3) is 5.20. The molecule has 0 aromatic heterocycles. The van der Waals surface area contributed by atoms with Gasteiger partial charge < -0.3 is 15.3 Å². The molecule has 0 aliphatic carbocycles. The van der Waals surface area contributed by atoms with Crippen molar-refractivity contribution < 1.29 is 14.7 Å². The molecule has 0 unspecified atom stereocenters. The van der Waals surface area contributed by atoms with Gasteiger partial charge in [0.15, 0.2) is 0 Å². The van der Waals surface area contributed by atoms with Crippen molar-refractivity contribution in [2.75, 3.05) is 19.7 Å². The fourth-order valence-electron chi connectivity index (χ4n) is 3.60. The van der Waals surface area contributed by atoms with Gasteiger partial charge in [-0.1, -0.05) is 48.0 Å². The summed E-state index contributed by atoms with van der Waals surface area (Å²) in [5, 5.41) is 12.6. The van der Waals surface area contributed by atoms with Gasteiger partial charge in [-0.3, -0.25) is 9.59 Å². The number of hydrogen-bond acceptors (Lipinski definition) is 3. The fraction of sp³-hybridized carbons (Fsp3) is 0.391. The van der Waals surface area contributed by atoms with Gasteiger partial charge in [-0.15, -0.1) is 0 Å². The van der Waals surface area contributed by atoms with E-state index in [1.807, 2.05) is 66.4 Å². The zero-order valence-electron chi connectivity index (χ0n) is 16.3. The highest BCUT2D eigenvalue weighted by Crippen LogP contribution is 2.20. The lowest BCUT2D eigenvalue weighted by Crippen LogP contribution is -2.46. The summed E-state index contributed by atoms with van der Waals surface area (Å²) in [4.78, 5) is 27.0. The van der Waals surface area contributed by atoms with E-state index < -0.39 is 0 Å². The number of likely N-dealkylation sites (tertiary alicyclic amines) is 1. The number of rotatable bonds is 6. The Balaban J connectivity index is 1.50. The molecule has 1 fully saturated rings. The molecule has 5 heteroatoms. The summed E-state index contributed by atoms with van der Waals surface area (Å²) in [7, 11) is 0. The molecule has 2 amide bonds. The quantitative estimate of drug-likeness (QED) is 0.809. The summed E-state index contributed by atoms with van der Waals surface area (Å²) in [6, 6.07) is 17.1. The number of nitrogens with zero attached hydrogens (tertiary/aromatic N) is 1. The zero-order chi connectivity index (χ0) is 19.9. The van der Waals surface area contributed by atoms with Crippen molar-refractivity contribution >= 4 is 11.8 Å². The second kappa shape index (κ2) is 9.51. The van der Waals surface area contributed by atoms with Gasteiger partial charge in [0.1, 0.15) is 0 Å². The Hall–Kier alpha value is -2.66. The van der Waals surface area contributed by atoms with Crippen molar-refractivity contribution in [1.82, 2.24) is 10.2 Å². The molecule has 5 nitrogen and oxygen atoms in total. The molecule has 0 saturated carbocycles. The number of benzene rings is 2. The van der Waals surface area contributed by atoms with E-state index in [0.717, 1.165) is 11.1 Å². The van der Waals surface area contributed by atoms with Crippen LogP contribution in [0.4, 0.5) is 0 Å². The highest BCUT2D eigenvalue weighted by molar-refractivity contribution is 5.94. The Morgan fingerprint density at radius 3 is 2.32 bits per heavy atom. The minimum absolute atomic E-state index is 0.0242. The van der Waals surface area contributed by atoms with Crippen molar-refractivity contribution in [2.45, 2.75) is 32.2 Å². The summed E-state index contributed by atoms with van der Waals surface area (Å²) in [5.74, 6) is -0.125. The average Bonchev–Trinajstić information content (AvgIpc) is 2.74. The van der Waals surface area contributed by atoms with Gasteiger partial charge >= 0.3 is 0 Å². The van der Waals surface area contributed by atoms with E-state index in [2.05, 4.69) is 5.32 Å². The van der Waals surface area contributed by atoms with Crippen LogP contribution in [0.15, 0.2) is 54.6 Å². The summed E-state index contributed by atoms with van der Waals surface area (Å²) < 4.78 is 0. The number of aryl methyl sites for hydroxylation is 1. The largest absolute Gasteiger partial charge is 0.394 e. The molecule has 28 heavy (non-hydrogen) atoms. The highest BCUT2D eigenvalue weighted by Gasteiger charge is 2.28. The summed E-state index contributed by atoms with van der Waals surface area (Å²) in [5.41, 5.74) is 2.90. The molecule has 3 rings (SSSR count). The van der Waals surface area contributed by atoms with Crippen LogP contribution in [0, 0.1) is 12.8 Å². The SMILES string of the molecule is Cc1ccc(C(=O)N2CCC(C(=O)N[C@@H](CO)Cc3ccccc3)CC2)cc1. The van der Waals surface area contributed by atoms with Gasteiger partial charge in [0.05, 0.1) is 12.6 Å². The van der Waals surface area contributed by atoms with E-state index in [1.54, 1.807) is 0 Å². The van der Waals surface area contributed by atoms with E-state index in [-0.39, 0.29) is 30.4 Å². The second-order valence-electron chi connectivity index (χ2n) is 7.51. The third-order valence-electron chi connectivity index (χ3n) is 5.34. The maximum atomic E-state index is 12.6. The molecular formula is C23H28N2O3. The standard InChI is InChI=1S/C23H28N2O3/c1-17-7-9-20(10-8-17)23(28)25-13-11-19(12-14-25)22(27)24-21(16-26)15-18-5-3-2-4-6-18/h2-10,19,21,26H,11-16H2,1H3,(H,24,27)/t21-/m1/s1. The van der Waals surface area contributed by atoms with Crippen LogP contribution in [0.3, 0.4) is 0 Å². The van der Waals surface area contributed by atoms with Crippen LogP contribution in [-0.2, 0) is 11.2 Å². The lowest BCUT2D eigenvalue weighted by molar-refractivity contribution is -0.127. The first-order valence-electron chi connectivity index (χ1n) is 9.88. The van der Waals surface area contributed by atoms with Crippen LogP contribution in [-0.4, -0.2) is 47.6 Å². The minimum atomic E-state index is -0.290. The van der Waals surface area contributed by atoms with Gasteiger partial charge in [-0.05, 0) is 43.9 Å². The maximum Gasteiger partial charge on any atom is 0.253 e. The van der Waals surface area contributed by atoms with Crippen molar-refractivity contribution in [2.24, 2.45) is 5.92 Å². The highest BCUT2D eigenvalue weighted by atomic mass is 16.3. The van der Waals surface area contributed by atoms with Crippen molar-refractivity contribution in [3.8, 4) is 0 Å². The monoisotopic (exact) mass is 380 g/mol. The molecule has 1 aliphatic heterocycles. The van der Waals surface area contributed by atoms with E-state index in [0.29, 0.717) is 37.9 Å². The third-order valence-corrected chi connectivity index (χ3v) is 5.34. The first-order chi connectivity index (χ1) is 13.6. The Bertz CT molecular complexity index is 781. The van der Waals surface area contributed by atoms with Crippen LogP contribution in [0.1, 0.15) is 34.3 Å². The fourth-order valence-corrected chi connectivity index (χ4v) is 3.60. The van der Waals surface area contributed by atoms with Gasteiger partial charge in [0, 0.05) is 24.6 Å². The minimum Gasteiger partial charge on any atom is -0.394 e. The zero-order valence-corrected chi connectivity index (χ0v) is 16.3. The molecule has 0 bridgehead atoms. The van der Waals surface area contributed by atoms with Crippen LogP contribution in [0.2, 0.25) is 0 Å². The molecule has 0 spiro atoms. The lowest BCUT2D eigenvalue weighted by atomic mass is 9.94. The maximum absolute atomic E-state index is 12.6. The molecule has 0 radical (unpaired) electrons. The van der Waals surface area contributed by atoms with Gasteiger partial charge in [0.25, 0.3) is 5.91 Å². The summed E-state index contributed by atoms with van der Waals surface area (Å²) in [6.45, 7) is 3.06. The molecule has 1 aliphatic rings. The number of aliphatic hydroxyl groups excluding tert-OH is 1. The topological polar surface area (TPSA) is 69.6 Å². The van der Waals surface area contributed by atoms with Crippen LogP contribution < -0.4 is 5.32 Å². The normalized spacial score (nSPS) is 15.9. The first-order valence-corrected chi connectivity index (χ1v) is 9.88. The number of carbonyl (C=O) groups is 2. The van der Waals surface area contributed by atoms with Crippen LogP contribution >= 0.6 is 0 Å². The number of amides is 2. The van der Waals surface area contributed by atoms with E-state index in [9.17, 15) is 14.7 Å². The van der Waals surface area contributed by atoms with Crippen LogP contribution in [0.5, 0.6) is 0 Å². The molecule has 2 N–H and O–H groups in total. The molecular weight excluding hydrogens is 352 g/mol. The van der Waals surface area contributed by atoms with Crippen molar-refractivity contribution in [1.29, 1.82) is 0 Å². The Labute approximate surface area is 166 Å². The number of aliphatic hydroxyl groups is 1. The van der Waals surface area contributed by atoms with E-state index in [1.165, 1.54) is 0 Å². The molecule has 1 atom stereocenters. The van der Waals surface area contributed by atoms with E-state index >= 15 is 0 Å². The predicted octanol–water partition coefficient (Wildman–Crippen LogP) is 2.57. The lowest BCUT2D eigenvalue weighted by Gasteiger charge is -2.32. The molecule has 2 aromatic rings. The van der Waals surface area contributed by atoms with Gasteiger partial charge in [-0.2, -0.15) is 0 Å². The van der Waals surface area contributed by atoms with Crippen molar-refractivity contribution in [3.63, 3.8) is 0 Å². The summed E-state index contributed by atoms with van der Waals surface area (Å²) in [6.07, 6.45) is 1.90. The van der Waals surface area contributed by atoms with E-state index in [4.69, 9.17) is 0 Å². The Kier molecular flexibility index (Phi) is 6.82. The molecule has 1 saturated heterocycles. The van der Waals surface area contributed by atoms with Gasteiger partial charge in [0.2, 0.25) is 5.91 Å². The number of carbonyl (C=O) groups excluding carboxylic acids is 2. The number of nitrogens with one attached hydrogen (secondary N) is 1. The summed E-state index contributed by atoms with van der Waals surface area (Å²) >= 11 is 0. The van der Waals surface area contributed by atoms with Crippen LogP contribution in [0.25, 0.3) is 0 Å². The van der Waals surface area contributed by atoms with Crippen molar-refractivity contribution in [3.05, 3.63) is 71.3 Å². The predicted molar refractivity (Wildman–Crippen MR) is 109 cm³/mol. The van der Waals surface area contributed by atoms with Gasteiger partial charge in [-0.25, -0.2) is 0 Å². The smallest absolute Gasteiger partial charge is 0.253 e.